The van der Waals surface area contributed by atoms with E-state index in [4.69, 9.17) is 11.6 Å². The second-order valence-corrected chi connectivity index (χ2v) is 4.70. The lowest BCUT2D eigenvalue weighted by Crippen LogP contribution is -1.98. The zero-order valence-electron chi connectivity index (χ0n) is 9.77. The summed E-state index contributed by atoms with van der Waals surface area (Å²) in [6.45, 7) is 2.06. The van der Waals surface area contributed by atoms with Crippen LogP contribution in [-0.4, -0.2) is 16.2 Å². The Labute approximate surface area is 110 Å². The zero-order valence-corrected chi connectivity index (χ0v) is 11.3. The molecule has 2 nitrogen and oxygen atoms in total. The molecule has 0 atom stereocenters. The largest absolute Gasteiger partial charge is 0.221 e. The fourth-order valence-electron chi connectivity index (χ4n) is 1.62. The van der Waals surface area contributed by atoms with Crippen LogP contribution in [0, 0.1) is 0 Å². The van der Waals surface area contributed by atoms with Crippen LogP contribution in [0.3, 0.4) is 0 Å². The highest BCUT2D eigenvalue weighted by Gasteiger charge is 2.11. The maximum absolute atomic E-state index is 6.20. The first-order valence-corrected chi connectivity index (χ1v) is 7.02. The molecule has 0 N–H and O–H groups in total. The predicted molar refractivity (Wildman–Crippen MR) is 73.6 cm³/mol. The molecule has 0 saturated heterocycles. The highest BCUT2D eigenvalue weighted by atomic mass is 35.5. The van der Waals surface area contributed by atoms with Crippen molar-refractivity contribution in [3.8, 4) is 11.4 Å². The van der Waals surface area contributed by atoms with E-state index in [9.17, 15) is 0 Å². The fourth-order valence-corrected chi connectivity index (χ4v) is 2.64. The first kappa shape index (κ1) is 12.4. The van der Waals surface area contributed by atoms with Gasteiger partial charge >= 0.3 is 0 Å². The number of hydrogen-bond acceptors (Lipinski definition) is 3. The van der Waals surface area contributed by atoms with Crippen molar-refractivity contribution in [2.45, 2.75) is 18.4 Å². The average molecular weight is 265 g/mol. The number of benzene rings is 1. The molecule has 0 unspecified atom stereocenters. The van der Waals surface area contributed by atoms with Crippen LogP contribution in [-0.2, 0) is 6.42 Å². The van der Waals surface area contributed by atoms with Gasteiger partial charge in [-0.25, -0.2) is 9.97 Å². The molecule has 1 aromatic heterocycles. The van der Waals surface area contributed by atoms with Crippen molar-refractivity contribution >= 4 is 23.4 Å². The van der Waals surface area contributed by atoms with Crippen LogP contribution >= 0.6 is 23.4 Å². The van der Waals surface area contributed by atoms with Gasteiger partial charge in [-0.15, -0.1) is 11.8 Å². The Hall–Kier alpha value is -1.06. The summed E-state index contributed by atoms with van der Waals surface area (Å²) in [7, 11) is 0. The molecule has 4 heteroatoms. The van der Waals surface area contributed by atoms with Crippen molar-refractivity contribution in [2.24, 2.45) is 0 Å². The lowest BCUT2D eigenvalue weighted by molar-refractivity contribution is 0.954. The third-order valence-corrected chi connectivity index (χ3v) is 3.53. The molecule has 0 radical (unpaired) electrons. The number of hydrogen-bond donors (Lipinski definition) is 0. The van der Waals surface area contributed by atoms with Gasteiger partial charge in [0.05, 0.1) is 0 Å². The number of thioether (sulfide) groups is 1. The second kappa shape index (κ2) is 5.52. The molecule has 1 heterocycles. The summed E-state index contributed by atoms with van der Waals surface area (Å²) in [6, 6.07) is 9.89. The molecule has 0 amide bonds. The normalized spacial score (nSPS) is 10.5. The number of halogens is 1. The fraction of sp³-hybridized carbons (Fsp3) is 0.231. The molecule has 0 spiro atoms. The van der Waals surface area contributed by atoms with Crippen LogP contribution in [0.2, 0.25) is 5.15 Å². The van der Waals surface area contributed by atoms with Crippen molar-refractivity contribution < 1.29 is 0 Å². The van der Waals surface area contributed by atoms with Crippen molar-refractivity contribution in [1.29, 1.82) is 0 Å². The molecule has 0 saturated carbocycles. The number of nitrogens with zero attached hydrogens (tertiary/aromatic N) is 2. The Bertz CT molecular complexity index is 514. The minimum atomic E-state index is 0.561. The van der Waals surface area contributed by atoms with Crippen LogP contribution in [0.4, 0.5) is 0 Å². The van der Waals surface area contributed by atoms with E-state index in [1.165, 1.54) is 0 Å². The molecule has 1 aromatic carbocycles. The van der Waals surface area contributed by atoms with E-state index in [1.54, 1.807) is 11.8 Å². The first-order valence-electron chi connectivity index (χ1n) is 5.42. The highest BCUT2D eigenvalue weighted by molar-refractivity contribution is 7.98. The molecule has 2 aromatic rings. The molecule has 17 heavy (non-hydrogen) atoms. The molecular formula is C13H13ClN2S. The van der Waals surface area contributed by atoms with Gasteiger partial charge in [-0.05, 0) is 12.7 Å². The summed E-state index contributed by atoms with van der Waals surface area (Å²) in [6.07, 6.45) is 2.86. The summed E-state index contributed by atoms with van der Waals surface area (Å²) < 4.78 is 0. The van der Waals surface area contributed by atoms with Crippen LogP contribution in [0.25, 0.3) is 11.4 Å². The van der Waals surface area contributed by atoms with Gasteiger partial charge in [0.15, 0.2) is 5.82 Å². The molecule has 2 rings (SSSR count). The smallest absolute Gasteiger partial charge is 0.162 e. The molecular weight excluding hydrogens is 252 g/mol. The van der Waals surface area contributed by atoms with Gasteiger partial charge in [-0.2, -0.15) is 0 Å². The van der Waals surface area contributed by atoms with E-state index >= 15 is 0 Å². The Morgan fingerprint density at radius 2 is 1.88 bits per heavy atom. The van der Waals surface area contributed by atoms with Crippen LogP contribution < -0.4 is 0 Å². The lowest BCUT2D eigenvalue weighted by Gasteiger charge is -2.08. The van der Waals surface area contributed by atoms with Gasteiger partial charge in [0, 0.05) is 11.1 Å². The SMILES string of the molecule is CCc1c(Cl)nc(-c2ccccc2)nc1SC. The molecule has 88 valence electrons. The van der Waals surface area contributed by atoms with Gasteiger partial charge in [0.2, 0.25) is 0 Å². The van der Waals surface area contributed by atoms with E-state index in [1.807, 2.05) is 36.6 Å². The average Bonchev–Trinajstić information content (AvgIpc) is 2.38. The Morgan fingerprint density at radius 3 is 2.47 bits per heavy atom. The van der Waals surface area contributed by atoms with Crippen LogP contribution in [0.5, 0.6) is 0 Å². The van der Waals surface area contributed by atoms with E-state index in [0.717, 1.165) is 22.6 Å². The molecule has 0 fully saturated rings. The van der Waals surface area contributed by atoms with Gasteiger partial charge in [-0.1, -0.05) is 48.9 Å². The summed E-state index contributed by atoms with van der Waals surface area (Å²) in [5, 5.41) is 1.53. The summed E-state index contributed by atoms with van der Waals surface area (Å²) in [4.78, 5) is 8.92. The standard InChI is InChI=1S/C13H13ClN2S/c1-3-10-11(14)15-12(16-13(10)17-2)9-7-5-4-6-8-9/h4-8H,3H2,1-2H3. The molecule has 0 aliphatic heterocycles. The van der Waals surface area contributed by atoms with Crippen LogP contribution in [0.15, 0.2) is 35.4 Å². The minimum Gasteiger partial charge on any atom is -0.221 e. The lowest BCUT2D eigenvalue weighted by atomic mass is 10.2. The molecule has 0 aliphatic carbocycles. The van der Waals surface area contributed by atoms with E-state index in [-0.39, 0.29) is 0 Å². The Balaban J connectivity index is 2.54. The quantitative estimate of drug-likeness (QED) is 0.617. The van der Waals surface area contributed by atoms with Crippen molar-refractivity contribution in [3.05, 3.63) is 41.0 Å². The van der Waals surface area contributed by atoms with E-state index in [2.05, 4.69) is 16.9 Å². The predicted octanol–water partition coefficient (Wildman–Crippen LogP) is 4.08. The van der Waals surface area contributed by atoms with Crippen molar-refractivity contribution in [2.75, 3.05) is 6.26 Å². The Kier molecular flexibility index (Phi) is 4.02. The molecule has 0 bridgehead atoms. The van der Waals surface area contributed by atoms with E-state index < -0.39 is 0 Å². The van der Waals surface area contributed by atoms with E-state index in [0.29, 0.717) is 11.0 Å². The third-order valence-electron chi connectivity index (χ3n) is 2.50. The summed E-state index contributed by atoms with van der Waals surface area (Å²) >= 11 is 7.81. The zero-order chi connectivity index (χ0) is 12.3. The summed E-state index contributed by atoms with van der Waals surface area (Å²) in [5.41, 5.74) is 2.02. The third kappa shape index (κ3) is 2.61. The van der Waals surface area contributed by atoms with Crippen molar-refractivity contribution in [1.82, 2.24) is 9.97 Å². The summed E-state index contributed by atoms with van der Waals surface area (Å²) in [5.74, 6) is 0.692. The number of rotatable bonds is 3. The van der Waals surface area contributed by atoms with Gasteiger partial charge in [-0.3, -0.25) is 0 Å². The maximum atomic E-state index is 6.20. The van der Waals surface area contributed by atoms with Crippen LogP contribution in [0.1, 0.15) is 12.5 Å². The monoisotopic (exact) mass is 264 g/mol. The van der Waals surface area contributed by atoms with Gasteiger partial charge < -0.3 is 0 Å². The van der Waals surface area contributed by atoms with Gasteiger partial charge in [0.25, 0.3) is 0 Å². The minimum absolute atomic E-state index is 0.561. The van der Waals surface area contributed by atoms with Crippen molar-refractivity contribution in [3.63, 3.8) is 0 Å². The first-order chi connectivity index (χ1) is 8.26. The number of aromatic nitrogens is 2. The topological polar surface area (TPSA) is 25.8 Å². The maximum Gasteiger partial charge on any atom is 0.162 e. The molecule has 0 aliphatic rings. The Morgan fingerprint density at radius 1 is 1.18 bits per heavy atom. The highest BCUT2D eigenvalue weighted by Crippen LogP contribution is 2.27. The van der Waals surface area contributed by atoms with Gasteiger partial charge in [0.1, 0.15) is 10.2 Å². The second-order valence-electron chi connectivity index (χ2n) is 3.55.